The molecule has 1 aromatic rings. The first kappa shape index (κ1) is 17.9. The molecule has 1 rings (SSSR count). The molecule has 0 saturated heterocycles. The van der Waals surface area contributed by atoms with E-state index >= 15 is 0 Å². The summed E-state index contributed by atoms with van der Waals surface area (Å²) in [7, 11) is 1.59. The minimum atomic E-state index is -4.40. The minimum absolute atomic E-state index is 0.0837. The number of aliphatic hydroxyl groups excluding tert-OH is 1. The maximum Gasteiger partial charge on any atom is 0.416 e. The first-order valence-corrected chi connectivity index (χ1v) is 6.87. The quantitative estimate of drug-likeness (QED) is 0.840. The summed E-state index contributed by atoms with van der Waals surface area (Å²) in [6.45, 7) is 5.34. The highest BCUT2D eigenvalue weighted by Crippen LogP contribution is 2.30. The van der Waals surface area contributed by atoms with Gasteiger partial charge in [-0.15, -0.1) is 0 Å². The molecule has 1 aromatic carbocycles. The van der Waals surface area contributed by atoms with Crippen LogP contribution >= 0.6 is 0 Å². The van der Waals surface area contributed by atoms with E-state index in [1.807, 2.05) is 18.7 Å². The fourth-order valence-corrected chi connectivity index (χ4v) is 2.22. The number of ether oxygens (including phenoxy) is 1. The smallest absolute Gasteiger partial charge is 0.387 e. The second-order valence-electron chi connectivity index (χ2n) is 5.03. The predicted molar refractivity (Wildman–Crippen MR) is 75.0 cm³/mol. The summed E-state index contributed by atoms with van der Waals surface area (Å²) in [6, 6.07) is 4.91. The molecule has 0 amide bonds. The number of nitrogens with zero attached hydrogens (tertiary/aromatic N) is 1. The Morgan fingerprint density at radius 2 is 2.00 bits per heavy atom. The summed E-state index contributed by atoms with van der Waals surface area (Å²) in [4.78, 5) is 1.97. The number of halogens is 3. The molecule has 0 heterocycles. The number of hydrogen-bond donors (Lipinski definition) is 1. The number of aliphatic hydroxyl groups is 1. The highest BCUT2D eigenvalue weighted by Gasteiger charge is 2.31. The standard InChI is InChI=1S/C15H22F3NO2/c1-4-19(11(2)10-21-3)9-14(20)12-6-5-7-13(8-12)15(16,17)18/h5-8,11,14,20H,4,9-10H2,1-3H3. The average Bonchev–Trinajstić information content (AvgIpc) is 2.43. The molecule has 120 valence electrons. The van der Waals surface area contributed by atoms with Crippen molar-refractivity contribution in [3.63, 3.8) is 0 Å². The predicted octanol–water partition coefficient (Wildman–Crippen LogP) is 3.10. The maximum atomic E-state index is 12.7. The fourth-order valence-electron chi connectivity index (χ4n) is 2.22. The van der Waals surface area contributed by atoms with Gasteiger partial charge in [0.05, 0.1) is 18.3 Å². The Kier molecular flexibility index (Phi) is 6.64. The molecule has 2 atom stereocenters. The van der Waals surface area contributed by atoms with Crippen LogP contribution in [-0.4, -0.2) is 42.9 Å². The monoisotopic (exact) mass is 305 g/mol. The van der Waals surface area contributed by atoms with Gasteiger partial charge in [0, 0.05) is 19.7 Å². The lowest BCUT2D eigenvalue weighted by molar-refractivity contribution is -0.137. The fraction of sp³-hybridized carbons (Fsp3) is 0.600. The summed E-state index contributed by atoms with van der Waals surface area (Å²) in [6.07, 6.45) is -5.37. The van der Waals surface area contributed by atoms with E-state index < -0.39 is 17.8 Å². The van der Waals surface area contributed by atoms with Gasteiger partial charge >= 0.3 is 6.18 Å². The van der Waals surface area contributed by atoms with Crippen LogP contribution in [0.4, 0.5) is 13.2 Å². The van der Waals surface area contributed by atoms with Crippen LogP contribution in [0.3, 0.4) is 0 Å². The Labute approximate surface area is 123 Å². The van der Waals surface area contributed by atoms with Crippen molar-refractivity contribution >= 4 is 0 Å². The van der Waals surface area contributed by atoms with Crippen molar-refractivity contribution in [1.82, 2.24) is 4.90 Å². The van der Waals surface area contributed by atoms with E-state index in [1.54, 1.807) is 7.11 Å². The number of hydrogen-bond acceptors (Lipinski definition) is 3. The van der Waals surface area contributed by atoms with Crippen molar-refractivity contribution in [1.29, 1.82) is 0 Å². The van der Waals surface area contributed by atoms with Gasteiger partial charge in [-0.2, -0.15) is 13.2 Å². The molecular formula is C15H22F3NO2. The van der Waals surface area contributed by atoms with Crippen LogP contribution in [0.1, 0.15) is 31.1 Å². The largest absolute Gasteiger partial charge is 0.416 e. The van der Waals surface area contributed by atoms with Crippen LogP contribution in [0.15, 0.2) is 24.3 Å². The van der Waals surface area contributed by atoms with E-state index in [2.05, 4.69) is 0 Å². The molecule has 0 saturated carbocycles. The van der Waals surface area contributed by atoms with Gasteiger partial charge in [-0.1, -0.05) is 19.1 Å². The van der Waals surface area contributed by atoms with Crippen molar-refractivity contribution < 1.29 is 23.0 Å². The van der Waals surface area contributed by atoms with E-state index in [0.29, 0.717) is 13.2 Å². The third-order valence-electron chi connectivity index (χ3n) is 3.44. The lowest BCUT2D eigenvalue weighted by atomic mass is 10.0. The third kappa shape index (κ3) is 5.30. The van der Waals surface area contributed by atoms with Crippen LogP contribution in [0.2, 0.25) is 0 Å². The molecule has 0 aliphatic heterocycles. The zero-order valence-corrected chi connectivity index (χ0v) is 12.5. The van der Waals surface area contributed by atoms with Gasteiger partial charge in [0.2, 0.25) is 0 Å². The molecule has 0 fully saturated rings. The number of methoxy groups -OCH3 is 1. The Hall–Kier alpha value is -1.11. The Bertz CT molecular complexity index is 437. The number of likely N-dealkylation sites (N-methyl/N-ethyl adjacent to an activating group) is 1. The van der Waals surface area contributed by atoms with E-state index in [4.69, 9.17) is 4.74 Å². The maximum absolute atomic E-state index is 12.7. The Morgan fingerprint density at radius 1 is 1.33 bits per heavy atom. The highest BCUT2D eigenvalue weighted by molar-refractivity contribution is 5.27. The molecule has 0 bridgehead atoms. The molecular weight excluding hydrogens is 283 g/mol. The molecule has 0 radical (unpaired) electrons. The van der Waals surface area contributed by atoms with Crippen LogP contribution in [0.25, 0.3) is 0 Å². The van der Waals surface area contributed by atoms with Crippen molar-refractivity contribution in [2.24, 2.45) is 0 Å². The molecule has 0 aliphatic rings. The summed E-state index contributed by atoms with van der Waals surface area (Å²) in [5.41, 5.74) is -0.472. The lowest BCUT2D eigenvalue weighted by Crippen LogP contribution is -2.39. The molecule has 6 heteroatoms. The minimum Gasteiger partial charge on any atom is -0.387 e. The number of benzene rings is 1. The highest BCUT2D eigenvalue weighted by atomic mass is 19.4. The molecule has 0 spiro atoms. The average molecular weight is 305 g/mol. The van der Waals surface area contributed by atoms with Crippen LogP contribution in [-0.2, 0) is 10.9 Å². The van der Waals surface area contributed by atoms with Gasteiger partial charge in [-0.05, 0) is 31.2 Å². The zero-order chi connectivity index (χ0) is 16.0. The summed E-state index contributed by atoms with van der Waals surface area (Å²) in [5, 5.41) is 10.2. The van der Waals surface area contributed by atoms with Gasteiger partial charge in [0.15, 0.2) is 0 Å². The second-order valence-corrected chi connectivity index (χ2v) is 5.03. The Balaban J connectivity index is 2.81. The molecule has 21 heavy (non-hydrogen) atoms. The van der Waals surface area contributed by atoms with E-state index in [-0.39, 0.29) is 18.2 Å². The van der Waals surface area contributed by atoms with Gasteiger partial charge in [-0.3, -0.25) is 4.90 Å². The summed E-state index contributed by atoms with van der Waals surface area (Å²) < 4.78 is 43.1. The van der Waals surface area contributed by atoms with Gasteiger partial charge in [0.25, 0.3) is 0 Å². The van der Waals surface area contributed by atoms with Crippen molar-refractivity contribution in [3.8, 4) is 0 Å². The van der Waals surface area contributed by atoms with Crippen LogP contribution in [0, 0.1) is 0 Å². The van der Waals surface area contributed by atoms with Crippen LogP contribution in [0.5, 0.6) is 0 Å². The summed E-state index contributed by atoms with van der Waals surface area (Å²) >= 11 is 0. The molecule has 0 aromatic heterocycles. The lowest BCUT2D eigenvalue weighted by Gasteiger charge is -2.29. The van der Waals surface area contributed by atoms with Crippen molar-refractivity contribution in [2.75, 3.05) is 26.8 Å². The first-order chi connectivity index (χ1) is 9.79. The topological polar surface area (TPSA) is 32.7 Å². The van der Waals surface area contributed by atoms with E-state index in [9.17, 15) is 18.3 Å². The molecule has 3 nitrogen and oxygen atoms in total. The Morgan fingerprint density at radius 3 is 2.52 bits per heavy atom. The molecule has 1 N–H and O–H groups in total. The number of rotatable bonds is 7. The molecule has 0 aliphatic carbocycles. The van der Waals surface area contributed by atoms with Crippen molar-refractivity contribution in [2.45, 2.75) is 32.2 Å². The molecule has 2 unspecified atom stereocenters. The van der Waals surface area contributed by atoms with E-state index in [0.717, 1.165) is 12.1 Å². The van der Waals surface area contributed by atoms with Crippen LogP contribution < -0.4 is 0 Å². The number of alkyl halides is 3. The zero-order valence-electron chi connectivity index (χ0n) is 12.5. The second kappa shape index (κ2) is 7.77. The summed E-state index contributed by atoms with van der Waals surface area (Å²) in [5.74, 6) is 0. The first-order valence-electron chi connectivity index (χ1n) is 6.87. The van der Waals surface area contributed by atoms with Crippen molar-refractivity contribution in [3.05, 3.63) is 35.4 Å². The third-order valence-corrected chi connectivity index (χ3v) is 3.44. The van der Waals surface area contributed by atoms with Gasteiger partial charge in [-0.25, -0.2) is 0 Å². The van der Waals surface area contributed by atoms with Gasteiger partial charge < -0.3 is 9.84 Å². The van der Waals surface area contributed by atoms with E-state index in [1.165, 1.54) is 12.1 Å². The van der Waals surface area contributed by atoms with Gasteiger partial charge in [0.1, 0.15) is 0 Å². The SMILES string of the molecule is CCN(CC(O)c1cccc(C(F)(F)F)c1)C(C)COC. The normalized spacial score (nSPS) is 15.2.